The Morgan fingerprint density at radius 2 is 1.86 bits per heavy atom. The van der Waals surface area contributed by atoms with Crippen LogP contribution in [-0.4, -0.2) is 21.3 Å². The lowest BCUT2D eigenvalue weighted by atomic mass is 10.1. The zero-order valence-electron chi connectivity index (χ0n) is 16.4. The predicted octanol–water partition coefficient (Wildman–Crippen LogP) is 3.48. The summed E-state index contributed by atoms with van der Waals surface area (Å²) in [6.45, 7) is 1.45. The maximum atomic E-state index is 11.2. The molecule has 0 amide bonds. The Bertz CT molecular complexity index is 856. The van der Waals surface area contributed by atoms with Gasteiger partial charge in [-0.05, 0) is 24.1 Å². The second-order valence-electron chi connectivity index (χ2n) is 4.79. The van der Waals surface area contributed by atoms with E-state index in [2.05, 4.69) is 0 Å². The zero-order valence-corrected chi connectivity index (χ0v) is 13.2. The number of rotatable bonds is 7. The van der Waals surface area contributed by atoms with E-state index in [1.807, 2.05) is 6.07 Å². The van der Waals surface area contributed by atoms with Crippen molar-refractivity contribution in [3.63, 3.8) is 0 Å². The maximum Gasteiger partial charge on any atom is 0.264 e. The molecule has 0 saturated heterocycles. The molecule has 4 nitrogen and oxygen atoms in total. The van der Waals surface area contributed by atoms with Crippen molar-refractivity contribution >= 4 is 10.1 Å². The highest BCUT2D eigenvalue weighted by Crippen LogP contribution is 2.27. The zero-order chi connectivity index (χ0) is 19.5. The van der Waals surface area contributed by atoms with Gasteiger partial charge in [-0.2, -0.15) is 8.42 Å². The van der Waals surface area contributed by atoms with Crippen molar-refractivity contribution in [2.24, 2.45) is 0 Å². The standard InChI is InChI=1S/C17H20O4S/c1-14-8-6-7-11-16(14)21-17(12-13-20-22(2,18)19)15-9-4-3-5-10-15/h3-11,17H,12-13H2,1-2H3/i6D,7D,8D,11D. The van der Waals surface area contributed by atoms with Gasteiger partial charge in [0.25, 0.3) is 10.1 Å². The molecule has 0 aliphatic carbocycles. The van der Waals surface area contributed by atoms with E-state index in [4.69, 9.17) is 14.4 Å². The molecule has 0 aromatic heterocycles. The molecule has 0 heterocycles. The first-order valence-electron chi connectivity index (χ1n) is 8.74. The molecule has 118 valence electrons. The van der Waals surface area contributed by atoms with Crippen LogP contribution in [0.25, 0.3) is 0 Å². The Hall–Kier alpha value is -1.85. The van der Waals surface area contributed by atoms with E-state index in [9.17, 15) is 8.42 Å². The monoisotopic (exact) mass is 324 g/mol. The molecule has 0 N–H and O–H groups in total. The van der Waals surface area contributed by atoms with Gasteiger partial charge < -0.3 is 4.74 Å². The van der Waals surface area contributed by atoms with Crippen molar-refractivity contribution in [2.75, 3.05) is 12.9 Å². The van der Waals surface area contributed by atoms with Gasteiger partial charge in [0.05, 0.1) is 18.3 Å². The van der Waals surface area contributed by atoms with Crippen molar-refractivity contribution in [1.82, 2.24) is 0 Å². The Morgan fingerprint density at radius 1 is 1.18 bits per heavy atom. The molecular weight excluding hydrogens is 300 g/mol. The van der Waals surface area contributed by atoms with Gasteiger partial charge in [0.15, 0.2) is 0 Å². The van der Waals surface area contributed by atoms with Gasteiger partial charge in [-0.15, -0.1) is 0 Å². The van der Waals surface area contributed by atoms with Gasteiger partial charge in [-0.25, -0.2) is 0 Å². The Labute approximate surface area is 137 Å². The van der Waals surface area contributed by atoms with Gasteiger partial charge >= 0.3 is 0 Å². The first-order chi connectivity index (χ1) is 12.1. The Balaban J connectivity index is 2.36. The molecule has 0 bridgehead atoms. The van der Waals surface area contributed by atoms with Crippen LogP contribution >= 0.6 is 0 Å². The minimum Gasteiger partial charge on any atom is -0.485 e. The predicted molar refractivity (Wildman–Crippen MR) is 86.4 cm³/mol. The van der Waals surface area contributed by atoms with Crippen LogP contribution in [0.15, 0.2) is 54.5 Å². The number of benzene rings is 2. The summed E-state index contributed by atoms with van der Waals surface area (Å²) in [5, 5.41) is 0. The molecule has 22 heavy (non-hydrogen) atoms. The van der Waals surface area contributed by atoms with Crippen LogP contribution in [0, 0.1) is 6.92 Å². The van der Waals surface area contributed by atoms with Crippen LogP contribution in [-0.2, 0) is 14.3 Å². The fourth-order valence-corrected chi connectivity index (χ4v) is 2.29. The molecule has 0 aliphatic rings. The summed E-state index contributed by atoms with van der Waals surface area (Å²) in [6, 6.07) is 7.89. The van der Waals surface area contributed by atoms with E-state index in [0.29, 0.717) is 5.56 Å². The summed E-state index contributed by atoms with van der Waals surface area (Å²) in [4.78, 5) is 0. The lowest BCUT2D eigenvalue weighted by Crippen LogP contribution is -2.13. The SMILES string of the molecule is [2H]c1c([2H])c([2H])c(OC(CCOS(C)(=O)=O)c2ccccc2)c(C)c1[2H]. The minimum absolute atomic E-state index is 0.0456. The summed E-state index contributed by atoms with van der Waals surface area (Å²) >= 11 is 0. The summed E-state index contributed by atoms with van der Waals surface area (Å²) in [5.41, 5.74) is 1.04. The molecule has 0 saturated carbocycles. The molecule has 5 heteroatoms. The highest BCUT2D eigenvalue weighted by Gasteiger charge is 2.15. The van der Waals surface area contributed by atoms with E-state index in [1.54, 1.807) is 31.2 Å². The van der Waals surface area contributed by atoms with Crippen molar-refractivity contribution in [2.45, 2.75) is 19.4 Å². The molecule has 1 unspecified atom stereocenters. The van der Waals surface area contributed by atoms with E-state index >= 15 is 0 Å². The molecule has 1 atom stereocenters. The third-order valence-corrected chi connectivity index (χ3v) is 3.53. The lowest BCUT2D eigenvalue weighted by Gasteiger charge is -2.20. The first kappa shape index (κ1) is 11.7. The normalized spacial score (nSPS) is 15.4. The molecule has 0 aliphatic heterocycles. The quantitative estimate of drug-likeness (QED) is 0.732. The summed E-state index contributed by atoms with van der Waals surface area (Å²) in [6.07, 6.45) is 0.527. The van der Waals surface area contributed by atoms with Crippen LogP contribution in [0.1, 0.15) is 29.1 Å². The van der Waals surface area contributed by atoms with Crippen LogP contribution in [0.3, 0.4) is 0 Å². The molecule has 2 aromatic rings. The van der Waals surface area contributed by atoms with Gasteiger partial charge in [0.1, 0.15) is 11.9 Å². The molecule has 0 fully saturated rings. The van der Waals surface area contributed by atoms with Crippen LogP contribution < -0.4 is 4.74 Å². The van der Waals surface area contributed by atoms with Crippen molar-refractivity contribution in [3.05, 3.63) is 65.6 Å². The van der Waals surface area contributed by atoms with E-state index in [1.165, 1.54) is 0 Å². The van der Waals surface area contributed by atoms with Gasteiger partial charge in [0.2, 0.25) is 0 Å². The number of hydrogen-bond acceptors (Lipinski definition) is 4. The van der Waals surface area contributed by atoms with Gasteiger partial charge in [0, 0.05) is 6.42 Å². The van der Waals surface area contributed by atoms with E-state index in [-0.39, 0.29) is 42.9 Å². The average molecular weight is 324 g/mol. The first-order valence-corrected chi connectivity index (χ1v) is 8.56. The average Bonchev–Trinajstić information content (AvgIpc) is 2.60. The van der Waals surface area contributed by atoms with Crippen molar-refractivity contribution in [3.8, 4) is 5.75 Å². The lowest BCUT2D eigenvalue weighted by molar-refractivity contribution is 0.165. The number of para-hydroxylation sites is 1. The molecule has 0 radical (unpaired) electrons. The summed E-state index contributed by atoms with van der Waals surface area (Å²) < 4.78 is 64.6. The van der Waals surface area contributed by atoms with Crippen LogP contribution in [0.2, 0.25) is 0 Å². The Morgan fingerprint density at radius 3 is 2.55 bits per heavy atom. The topological polar surface area (TPSA) is 52.6 Å². The Kier molecular flexibility index (Phi) is 3.94. The van der Waals surface area contributed by atoms with Crippen molar-refractivity contribution < 1.29 is 22.8 Å². The molecule has 0 spiro atoms. The maximum absolute atomic E-state index is 11.2. The highest BCUT2D eigenvalue weighted by atomic mass is 32.2. The minimum atomic E-state index is -3.59. The smallest absolute Gasteiger partial charge is 0.264 e. The van der Waals surface area contributed by atoms with E-state index in [0.717, 1.165) is 11.8 Å². The fraction of sp³-hybridized carbons (Fsp3) is 0.294. The third-order valence-electron chi connectivity index (χ3n) is 2.94. The summed E-state index contributed by atoms with van der Waals surface area (Å²) in [5.74, 6) is 0.0456. The summed E-state index contributed by atoms with van der Waals surface area (Å²) in [7, 11) is -3.59. The largest absolute Gasteiger partial charge is 0.485 e. The number of hydrogen-bond donors (Lipinski definition) is 0. The highest BCUT2D eigenvalue weighted by molar-refractivity contribution is 7.85. The van der Waals surface area contributed by atoms with Crippen LogP contribution in [0.5, 0.6) is 5.75 Å². The molecular formula is C17H20O4S. The number of ether oxygens (including phenoxy) is 1. The van der Waals surface area contributed by atoms with Crippen molar-refractivity contribution in [1.29, 1.82) is 0 Å². The second kappa shape index (κ2) is 7.42. The van der Waals surface area contributed by atoms with E-state index < -0.39 is 16.2 Å². The van der Waals surface area contributed by atoms with Crippen LogP contribution in [0.4, 0.5) is 0 Å². The fourth-order valence-electron chi connectivity index (χ4n) is 1.89. The van der Waals surface area contributed by atoms with Gasteiger partial charge in [-0.1, -0.05) is 48.5 Å². The molecule has 2 aromatic carbocycles. The second-order valence-corrected chi connectivity index (χ2v) is 6.43. The molecule has 2 rings (SSSR count). The van der Waals surface area contributed by atoms with Gasteiger partial charge in [-0.3, -0.25) is 4.18 Å². The third kappa shape index (κ3) is 5.16.